The molecule has 0 spiro atoms. The van der Waals surface area contributed by atoms with Crippen LogP contribution in [-0.4, -0.2) is 32.4 Å². The molecule has 2 N–H and O–H groups in total. The Kier molecular flexibility index (Phi) is 7.21. The average Bonchev–Trinajstić information content (AvgIpc) is 3.11. The molecule has 1 unspecified atom stereocenters. The van der Waals surface area contributed by atoms with Gasteiger partial charge in [0.2, 0.25) is 5.09 Å². The van der Waals surface area contributed by atoms with Crippen molar-refractivity contribution in [2.45, 2.75) is 50.8 Å². The van der Waals surface area contributed by atoms with Crippen LogP contribution in [0.5, 0.6) is 0 Å². The Balaban J connectivity index is 2.20. The summed E-state index contributed by atoms with van der Waals surface area (Å²) in [6, 6.07) is 10.8. The van der Waals surface area contributed by atoms with Crippen molar-refractivity contribution >= 4 is 21.9 Å². The molecule has 1 atom stereocenters. The number of amides is 1. The molecule has 0 aliphatic rings. The van der Waals surface area contributed by atoms with Gasteiger partial charge in [-0.25, -0.2) is 13.1 Å². The third-order valence-electron chi connectivity index (χ3n) is 3.69. The number of furan rings is 1. The molecular formula is C20H26N2O6S. The van der Waals surface area contributed by atoms with Gasteiger partial charge in [0, 0.05) is 5.54 Å². The SMILES string of the molecule is CCOC(=O)CC(NC(=O)c1ccc(S(=O)(=O)NC(C)(C)C)o1)c1ccccc1. The predicted molar refractivity (Wildman–Crippen MR) is 107 cm³/mol. The van der Waals surface area contributed by atoms with Crippen LogP contribution in [0.15, 0.2) is 52.0 Å². The lowest BCUT2D eigenvalue weighted by Gasteiger charge is -2.19. The van der Waals surface area contributed by atoms with Crippen LogP contribution in [0.2, 0.25) is 0 Å². The number of esters is 1. The van der Waals surface area contributed by atoms with E-state index < -0.39 is 33.5 Å². The maximum Gasteiger partial charge on any atom is 0.308 e. The highest BCUT2D eigenvalue weighted by Gasteiger charge is 2.27. The van der Waals surface area contributed by atoms with Crippen LogP contribution >= 0.6 is 0 Å². The first-order chi connectivity index (χ1) is 13.5. The van der Waals surface area contributed by atoms with E-state index in [9.17, 15) is 18.0 Å². The zero-order chi connectivity index (χ0) is 21.7. The van der Waals surface area contributed by atoms with Gasteiger partial charge in [-0.1, -0.05) is 30.3 Å². The molecule has 1 aromatic heterocycles. The normalized spacial score (nSPS) is 13.0. The van der Waals surface area contributed by atoms with Crippen molar-refractivity contribution in [2.24, 2.45) is 0 Å². The van der Waals surface area contributed by atoms with Gasteiger partial charge >= 0.3 is 5.97 Å². The molecule has 0 saturated heterocycles. The summed E-state index contributed by atoms with van der Waals surface area (Å²) >= 11 is 0. The molecule has 0 radical (unpaired) electrons. The Morgan fingerprint density at radius 1 is 1.10 bits per heavy atom. The largest absolute Gasteiger partial charge is 0.466 e. The van der Waals surface area contributed by atoms with Crippen LogP contribution in [0.1, 0.15) is 56.3 Å². The van der Waals surface area contributed by atoms with Gasteiger partial charge in [0.1, 0.15) is 0 Å². The minimum Gasteiger partial charge on any atom is -0.466 e. The summed E-state index contributed by atoms with van der Waals surface area (Å²) in [6.45, 7) is 7.02. The maximum atomic E-state index is 12.6. The fourth-order valence-electron chi connectivity index (χ4n) is 2.59. The van der Waals surface area contributed by atoms with Crippen LogP contribution in [0.4, 0.5) is 0 Å². The number of carbonyl (C=O) groups is 2. The Labute approximate surface area is 170 Å². The second kappa shape index (κ2) is 9.23. The maximum absolute atomic E-state index is 12.6. The average molecular weight is 423 g/mol. The monoisotopic (exact) mass is 422 g/mol. The summed E-state index contributed by atoms with van der Waals surface area (Å²) < 4.78 is 37.4. The van der Waals surface area contributed by atoms with E-state index in [2.05, 4.69) is 10.0 Å². The van der Waals surface area contributed by atoms with Crippen LogP contribution in [-0.2, 0) is 19.6 Å². The molecular weight excluding hydrogens is 396 g/mol. The lowest BCUT2D eigenvalue weighted by atomic mass is 10.0. The Morgan fingerprint density at radius 2 is 1.76 bits per heavy atom. The van der Waals surface area contributed by atoms with E-state index in [-0.39, 0.29) is 23.9 Å². The van der Waals surface area contributed by atoms with Crippen molar-refractivity contribution in [1.29, 1.82) is 0 Å². The molecule has 1 amide bonds. The molecule has 0 aliphatic carbocycles. The van der Waals surface area contributed by atoms with Crippen molar-refractivity contribution < 1.29 is 27.2 Å². The van der Waals surface area contributed by atoms with Crippen LogP contribution in [0, 0.1) is 0 Å². The molecule has 29 heavy (non-hydrogen) atoms. The quantitative estimate of drug-likeness (QED) is 0.632. The van der Waals surface area contributed by atoms with E-state index in [0.29, 0.717) is 5.56 Å². The van der Waals surface area contributed by atoms with Crippen LogP contribution in [0.3, 0.4) is 0 Å². The van der Waals surface area contributed by atoms with Gasteiger partial charge in [-0.3, -0.25) is 9.59 Å². The number of sulfonamides is 1. The molecule has 2 aromatic rings. The third-order valence-corrected chi connectivity index (χ3v) is 5.32. The van der Waals surface area contributed by atoms with Crippen molar-refractivity contribution in [1.82, 2.24) is 10.0 Å². The fraction of sp³-hybridized carbons (Fsp3) is 0.400. The zero-order valence-electron chi connectivity index (χ0n) is 16.9. The van der Waals surface area contributed by atoms with E-state index in [1.54, 1.807) is 52.0 Å². The molecule has 1 heterocycles. The summed E-state index contributed by atoms with van der Waals surface area (Å²) in [7, 11) is -3.91. The van der Waals surface area contributed by atoms with Gasteiger partial charge < -0.3 is 14.5 Å². The van der Waals surface area contributed by atoms with Crippen molar-refractivity contribution in [3.05, 3.63) is 53.8 Å². The molecule has 9 heteroatoms. The van der Waals surface area contributed by atoms with Crippen LogP contribution in [0.25, 0.3) is 0 Å². The first kappa shape index (κ1) is 22.6. The van der Waals surface area contributed by atoms with E-state index in [0.717, 1.165) is 0 Å². The second-order valence-electron chi connectivity index (χ2n) is 7.42. The minimum atomic E-state index is -3.91. The first-order valence-corrected chi connectivity index (χ1v) is 10.7. The second-order valence-corrected chi connectivity index (χ2v) is 9.03. The van der Waals surface area contributed by atoms with Gasteiger partial charge in [-0.15, -0.1) is 0 Å². The van der Waals surface area contributed by atoms with E-state index in [1.165, 1.54) is 12.1 Å². The minimum absolute atomic E-state index is 0.0684. The number of ether oxygens (including phenoxy) is 1. The molecule has 2 rings (SSSR count). The van der Waals surface area contributed by atoms with Gasteiger partial charge in [-0.05, 0) is 45.4 Å². The Hall–Kier alpha value is -2.65. The highest BCUT2D eigenvalue weighted by molar-refractivity contribution is 7.89. The van der Waals surface area contributed by atoms with E-state index in [4.69, 9.17) is 9.15 Å². The molecule has 1 aromatic carbocycles. The Morgan fingerprint density at radius 3 is 2.34 bits per heavy atom. The lowest BCUT2D eigenvalue weighted by molar-refractivity contribution is -0.143. The van der Waals surface area contributed by atoms with Crippen molar-refractivity contribution in [3.63, 3.8) is 0 Å². The molecule has 0 bridgehead atoms. The number of rotatable bonds is 8. The van der Waals surface area contributed by atoms with Gasteiger partial charge in [0.25, 0.3) is 15.9 Å². The molecule has 158 valence electrons. The van der Waals surface area contributed by atoms with Crippen molar-refractivity contribution in [3.8, 4) is 0 Å². The smallest absolute Gasteiger partial charge is 0.308 e. The third kappa shape index (κ3) is 6.72. The van der Waals surface area contributed by atoms with E-state index >= 15 is 0 Å². The molecule has 0 saturated carbocycles. The summed E-state index contributed by atoms with van der Waals surface area (Å²) in [4.78, 5) is 24.5. The highest BCUT2D eigenvalue weighted by Crippen LogP contribution is 2.20. The summed E-state index contributed by atoms with van der Waals surface area (Å²) in [6.07, 6.45) is -0.0684. The van der Waals surface area contributed by atoms with Gasteiger partial charge in [0.05, 0.1) is 19.1 Å². The molecule has 0 fully saturated rings. The standard InChI is InChI=1S/C20H26N2O6S/c1-5-27-17(23)13-15(14-9-7-6-8-10-14)21-19(24)16-11-12-18(28-16)29(25,26)22-20(2,3)4/h6-12,15,22H,5,13H2,1-4H3,(H,21,24). The fourth-order valence-corrected chi connectivity index (χ4v) is 3.95. The van der Waals surface area contributed by atoms with Gasteiger partial charge in [-0.2, -0.15) is 0 Å². The lowest BCUT2D eigenvalue weighted by Crippen LogP contribution is -2.40. The summed E-state index contributed by atoms with van der Waals surface area (Å²) in [5.41, 5.74) is 0.00854. The number of hydrogen-bond acceptors (Lipinski definition) is 6. The number of benzene rings is 1. The summed E-state index contributed by atoms with van der Waals surface area (Å²) in [5, 5.41) is 2.34. The van der Waals surface area contributed by atoms with E-state index in [1.807, 2.05) is 6.07 Å². The number of nitrogens with one attached hydrogen (secondary N) is 2. The van der Waals surface area contributed by atoms with Crippen molar-refractivity contribution in [2.75, 3.05) is 6.61 Å². The Bertz CT molecular complexity index is 945. The van der Waals surface area contributed by atoms with Crippen LogP contribution < -0.4 is 10.0 Å². The first-order valence-electron chi connectivity index (χ1n) is 9.17. The number of hydrogen-bond donors (Lipinski definition) is 2. The van der Waals surface area contributed by atoms with Gasteiger partial charge in [0.15, 0.2) is 5.76 Å². The summed E-state index contributed by atoms with van der Waals surface area (Å²) in [5.74, 6) is -1.27. The zero-order valence-corrected chi connectivity index (χ0v) is 17.7. The topological polar surface area (TPSA) is 115 Å². The highest BCUT2D eigenvalue weighted by atomic mass is 32.2. The molecule has 8 nitrogen and oxygen atoms in total. The predicted octanol–water partition coefficient (Wildman–Crippen LogP) is 2.78. The molecule has 0 aliphatic heterocycles. The number of carbonyl (C=O) groups excluding carboxylic acids is 2.